The number of nitrogens with zero attached hydrogens (tertiary/aromatic N) is 2. The molecule has 0 aliphatic heterocycles. The molecule has 0 bridgehead atoms. The Kier molecular flexibility index (Phi) is 13.9. The second-order valence-corrected chi connectivity index (χ2v) is 7.78. The number of hydrogen-bond acceptors (Lipinski definition) is 4. The van der Waals surface area contributed by atoms with Crippen molar-refractivity contribution >= 4 is 11.8 Å². The van der Waals surface area contributed by atoms with Crippen LogP contribution in [0.15, 0.2) is 10.7 Å². The van der Waals surface area contributed by atoms with E-state index in [9.17, 15) is 9.59 Å². The van der Waals surface area contributed by atoms with Crippen LogP contribution in [0.1, 0.15) is 114 Å². The molecule has 1 aromatic rings. The van der Waals surface area contributed by atoms with Crippen LogP contribution in [0.5, 0.6) is 0 Å². The van der Waals surface area contributed by atoms with Crippen molar-refractivity contribution in [1.82, 2.24) is 15.2 Å². The molecule has 0 aliphatic carbocycles. The van der Waals surface area contributed by atoms with E-state index >= 15 is 0 Å². The van der Waals surface area contributed by atoms with Crippen molar-refractivity contribution in [3.63, 3.8) is 0 Å². The van der Waals surface area contributed by atoms with Gasteiger partial charge in [-0.3, -0.25) is 9.59 Å². The lowest BCUT2D eigenvalue weighted by molar-refractivity contribution is -0.132. The van der Waals surface area contributed by atoms with Crippen LogP contribution in [0, 0.1) is 0 Å². The fraction of sp³-hybridized carbons (Fsp3) is 0.783. The first-order valence-corrected chi connectivity index (χ1v) is 11.6. The van der Waals surface area contributed by atoms with Gasteiger partial charge in [-0.05, 0) is 19.3 Å². The van der Waals surface area contributed by atoms with Gasteiger partial charge in [-0.1, -0.05) is 72.1 Å². The minimum absolute atomic E-state index is 0.144. The molecule has 6 nitrogen and oxygen atoms in total. The Hall–Kier alpha value is -1.85. The van der Waals surface area contributed by atoms with Crippen molar-refractivity contribution in [3.05, 3.63) is 17.8 Å². The third kappa shape index (κ3) is 11.1. The summed E-state index contributed by atoms with van der Waals surface area (Å²) in [6, 6.07) is 0. The largest absolute Gasteiger partial charge is 0.446 e. The van der Waals surface area contributed by atoms with Crippen molar-refractivity contribution in [3.8, 4) is 0 Å². The summed E-state index contributed by atoms with van der Waals surface area (Å²) in [5, 5.41) is 2.78. The molecule has 1 N–H and O–H groups in total. The van der Waals surface area contributed by atoms with Crippen molar-refractivity contribution in [2.45, 2.75) is 104 Å². The van der Waals surface area contributed by atoms with Crippen LogP contribution in [0.2, 0.25) is 0 Å². The van der Waals surface area contributed by atoms with Crippen molar-refractivity contribution in [2.24, 2.45) is 0 Å². The first-order valence-electron chi connectivity index (χ1n) is 11.6. The van der Waals surface area contributed by atoms with E-state index in [1.165, 1.54) is 51.2 Å². The number of oxazole rings is 1. The van der Waals surface area contributed by atoms with Gasteiger partial charge in [-0.15, -0.1) is 0 Å². The third-order valence-corrected chi connectivity index (χ3v) is 4.99. The smallest absolute Gasteiger partial charge is 0.273 e. The van der Waals surface area contributed by atoms with Gasteiger partial charge in [0.05, 0.1) is 6.54 Å². The zero-order chi connectivity index (χ0) is 21.3. The number of carbonyl (C=O) groups is 2. The first-order chi connectivity index (χ1) is 14.1. The van der Waals surface area contributed by atoms with Gasteiger partial charge in [0, 0.05) is 19.5 Å². The van der Waals surface area contributed by atoms with Crippen LogP contribution in [0.4, 0.5) is 0 Å². The molecule has 0 unspecified atom stereocenters. The summed E-state index contributed by atoms with van der Waals surface area (Å²) in [5.74, 6) is 0.329. The van der Waals surface area contributed by atoms with Crippen LogP contribution in [0.3, 0.4) is 0 Å². The number of unbranched alkanes of at least 4 members (excludes halogenated alkanes) is 8. The van der Waals surface area contributed by atoms with Crippen molar-refractivity contribution in [2.75, 3.05) is 13.1 Å². The van der Waals surface area contributed by atoms with Gasteiger partial charge >= 0.3 is 0 Å². The Labute approximate surface area is 176 Å². The molecule has 0 saturated heterocycles. The van der Waals surface area contributed by atoms with E-state index in [1.54, 1.807) is 4.90 Å². The molecule has 6 heteroatoms. The molecular formula is C23H41N3O3. The number of hydrogen-bond donors (Lipinski definition) is 1. The quantitative estimate of drug-likeness (QED) is 0.347. The lowest BCUT2D eigenvalue weighted by Crippen LogP contribution is -2.31. The number of aromatic nitrogens is 1. The summed E-state index contributed by atoms with van der Waals surface area (Å²) in [6.45, 7) is 7.90. The number of amides is 2. The van der Waals surface area contributed by atoms with Crippen molar-refractivity contribution in [1.29, 1.82) is 0 Å². The Bertz CT molecular complexity index is 571. The topological polar surface area (TPSA) is 75.4 Å². The molecule has 0 atom stereocenters. The third-order valence-electron chi connectivity index (χ3n) is 4.99. The maximum atomic E-state index is 12.6. The predicted octanol–water partition coefficient (Wildman–Crippen LogP) is 5.47. The molecule has 2 amide bonds. The fourth-order valence-corrected chi connectivity index (χ4v) is 3.29. The summed E-state index contributed by atoms with van der Waals surface area (Å²) in [6.07, 6.45) is 14.9. The molecule has 0 fully saturated rings. The van der Waals surface area contributed by atoms with E-state index in [4.69, 9.17) is 4.42 Å². The van der Waals surface area contributed by atoms with E-state index in [2.05, 4.69) is 24.1 Å². The second kappa shape index (κ2) is 16.0. The SMILES string of the molecule is CCCCCCCCCCCC(=O)N(CCC)Cc1nc(C(=O)NCCC)co1. The minimum atomic E-state index is -0.232. The molecule has 1 heterocycles. The highest BCUT2D eigenvalue weighted by Gasteiger charge is 2.17. The molecule has 1 rings (SSSR count). The zero-order valence-electron chi connectivity index (χ0n) is 18.8. The van der Waals surface area contributed by atoms with Crippen LogP contribution in [-0.2, 0) is 11.3 Å². The van der Waals surface area contributed by atoms with Crippen LogP contribution in [-0.4, -0.2) is 34.8 Å². The van der Waals surface area contributed by atoms with E-state index in [1.807, 2.05) is 6.92 Å². The van der Waals surface area contributed by atoms with Gasteiger partial charge in [-0.25, -0.2) is 4.98 Å². The normalized spacial score (nSPS) is 10.9. The predicted molar refractivity (Wildman–Crippen MR) is 117 cm³/mol. The Morgan fingerprint density at radius 3 is 2.21 bits per heavy atom. The standard InChI is InChI=1S/C23H41N3O3/c1-4-7-8-9-10-11-12-13-14-15-22(27)26(17-6-3)18-21-25-20(19-29-21)23(28)24-16-5-2/h19H,4-18H2,1-3H3,(H,24,28). The number of rotatable bonds is 17. The molecule has 0 radical (unpaired) electrons. The van der Waals surface area contributed by atoms with Crippen LogP contribution < -0.4 is 5.32 Å². The summed E-state index contributed by atoms with van der Waals surface area (Å²) in [4.78, 5) is 30.6. The average Bonchev–Trinajstić information content (AvgIpc) is 3.19. The second-order valence-electron chi connectivity index (χ2n) is 7.78. The lowest BCUT2D eigenvalue weighted by Gasteiger charge is -2.20. The van der Waals surface area contributed by atoms with Crippen molar-refractivity contribution < 1.29 is 14.0 Å². The molecule has 0 aliphatic rings. The van der Waals surface area contributed by atoms with E-state index in [0.717, 1.165) is 25.7 Å². The summed E-state index contributed by atoms with van der Waals surface area (Å²) >= 11 is 0. The van der Waals surface area contributed by atoms with E-state index in [-0.39, 0.29) is 17.5 Å². The molecule has 0 saturated carbocycles. The molecular weight excluding hydrogens is 366 g/mol. The molecule has 0 aromatic carbocycles. The molecule has 1 aromatic heterocycles. The maximum absolute atomic E-state index is 12.6. The highest BCUT2D eigenvalue weighted by atomic mass is 16.3. The molecule has 0 spiro atoms. The Morgan fingerprint density at radius 2 is 1.59 bits per heavy atom. The van der Waals surface area contributed by atoms with Gasteiger partial charge < -0.3 is 14.6 Å². The summed E-state index contributed by atoms with van der Waals surface area (Å²) < 4.78 is 5.42. The van der Waals surface area contributed by atoms with Gasteiger partial charge in [0.2, 0.25) is 11.8 Å². The van der Waals surface area contributed by atoms with Crippen LogP contribution in [0.25, 0.3) is 0 Å². The van der Waals surface area contributed by atoms with Gasteiger partial charge in [0.1, 0.15) is 6.26 Å². The van der Waals surface area contributed by atoms with Crippen LogP contribution >= 0.6 is 0 Å². The van der Waals surface area contributed by atoms with E-state index in [0.29, 0.717) is 31.9 Å². The van der Waals surface area contributed by atoms with Gasteiger partial charge in [-0.2, -0.15) is 0 Å². The van der Waals surface area contributed by atoms with E-state index < -0.39 is 0 Å². The minimum Gasteiger partial charge on any atom is -0.446 e. The molecule has 166 valence electrons. The fourth-order valence-electron chi connectivity index (χ4n) is 3.29. The number of carbonyl (C=O) groups excluding carboxylic acids is 2. The zero-order valence-corrected chi connectivity index (χ0v) is 18.8. The number of nitrogens with one attached hydrogen (secondary N) is 1. The first kappa shape index (κ1) is 25.2. The monoisotopic (exact) mass is 407 g/mol. The highest BCUT2D eigenvalue weighted by Crippen LogP contribution is 2.13. The Balaban J connectivity index is 2.33. The highest BCUT2D eigenvalue weighted by molar-refractivity contribution is 5.91. The summed E-state index contributed by atoms with van der Waals surface area (Å²) in [5.41, 5.74) is 0.274. The molecule has 29 heavy (non-hydrogen) atoms. The average molecular weight is 408 g/mol. The lowest BCUT2D eigenvalue weighted by atomic mass is 10.1. The Morgan fingerprint density at radius 1 is 0.931 bits per heavy atom. The van der Waals surface area contributed by atoms with Gasteiger partial charge in [0.25, 0.3) is 5.91 Å². The maximum Gasteiger partial charge on any atom is 0.273 e. The van der Waals surface area contributed by atoms with Gasteiger partial charge in [0.15, 0.2) is 5.69 Å². The summed E-state index contributed by atoms with van der Waals surface area (Å²) in [7, 11) is 0.